The molecule has 13 rings (SSSR count). The van der Waals surface area contributed by atoms with Crippen LogP contribution in [0.2, 0.25) is 0 Å². The highest BCUT2D eigenvalue weighted by molar-refractivity contribution is 6.16. The van der Waals surface area contributed by atoms with E-state index in [9.17, 15) is 0 Å². The van der Waals surface area contributed by atoms with Gasteiger partial charge in [-0.25, -0.2) is 4.99 Å². The van der Waals surface area contributed by atoms with Gasteiger partial charge in [-0.05, 0) is 128 Å². The molecule has 6 aliphatic rings. The highest BCUT2D eigenvalue weighted by Gasteiger charge is 2.53. The van der Waals surface area contributed by atoms with E-state index in [1.807, 2.05) is 0 Å². The van der Waals surface area contributed by atoms with Crippen molar-refractivity contribution in [2.45, 2.75) is 76.7 Å². The van der Waals surface area contributed by atoms with Gasteiger partial charge in [-0.15, -0.1) is 0 Å². The smallest absolute Gasteiger partial charge is 0.144 e. The Labute approximate surface area is 376 Å². The maximum atomic E-state index is 6.97. The molecule has 2 atom stereocenters. The summed E-state index contributed by atoms with van der Waals surface area (Å²) in [6, 6.07) is 52.3. The number of allylic oxidation sites excluding steroid dienone is 8. The summed E-state index contributed by atoms with van der Waals surface area (Å²) in [4.78, 5) is 5.65. The van der Waals surface area contributed by atoms with Crippen LogP contribution in [-0.2, 0) is 5.41 Å². The van der Waals surface area contributed by atoms with Crippen molar-refractivity contribution in [3.63, 3.8) is 0 Å². The van der Waals surface area contributed by atoms with Crippen LogP contribution in [0.3, 0.4) is 0 Å². The number of rotatable bonds is 5. The van der Waals surface area contributed by atoms with Crippen LogP contribution in [0.15, 0.2) is 196 Å². The van der Waals surface area contributed by atoms with Gasteiger partial charge in [0.25, 0.3) is 0 Å². The van der Waals surface area contributed by atoms with Crippen molar-refractivity contribution in [3.05, 3.63) is 219 Å². The van der Waals surface area contributed by atoms with Gasteiger partial charge >= 0.3 is 0 Å². The Bertz CT molecular complexity index is 3250. The predicted molar refractivity (Wildman–Crippen MR) is 265 cm³/mol. The molecule has 0 bridgehead atoms. The number of benzene rings is 6. The number of hydrogen-bond donors (Lipinski definition) is 1. The largest absolute Gasteiger partial charge is 0.455 e. The maximum absolute atomic E-state index is 6.97. The summed E-state index contributed by atoms with van der Waals surface area (Å²) in [5, 5.41) is 6.23. The second-order valence-electron chi connectivity index (χ2n) is 19.6. The number of hydrogen-bond acceptors (Lipinski definition) is 3. The van der Waals surface area contributed by atoms with Crippen LogP contribution in [0.5, 0.6) is 0 Å². The van der Waals surface area contributed by atoms with E-state index >= 15 is 0 Å². The Morgan fingerprint density at radius 3 is 2.17 bits per heavy atom. The molecule has 0 radical (unpaired) electrons. The molecule has 1 N–H and O–H groups in total. The second kappa shape index (κ2) is 14.4. The molecule has 2 unspecified atom stereocenters. The first-order valence-electron chi connectivity index (χ1n) is 23.7. The molecular weight excluding hydrogens is 777 g/mol. The molecular formula is C61H52N2O. The zero-order chi connectivity index (χ0) is 42.6. The quantitative estimate of drug-likeness (QED) is 0.188. The Kier molecular flexibility index (Phi) is 8.51. The van der Waals surface area contributed by atoms with Crippen LogP contribution in [-0.4, -0.2) is 5.71 Å². The molecule has 0 saturated heterocycles. The van der Waals surface area contributed by atoms with Crippen LogP contribution in [0.4, 0.5) is 0 Å². The number of para-hydroxylation sites is 1. The fourth-order valence-corrected chi connectivity index (χ4v) is 12.8. The summed E-state index contributed by atoms with van der Waals surface area (Å²) in [5.74, 6) is 0.449. The third-order valence-electron chi connectivity index (χ3n) is 15.9. The van der Waals surface area contributed by atoms with E-state index in [1.54, 1.807) is 27.9 Å². The van der Waals surface area contributed by atoms with Gasteiger partial charge in [-0.1, -0.05) is 179 Å². The average Bonchev–Trinajstić information content (AvgIpc) is 3.94. The monoisotopic (exact) mass is 828 g/mol. The third kappa shape index (κ3) is 5.55. The molecule has 1 fully saturated rings. The fraction of sp³-hybridized carbons (Fsp3) is 0.230. The fourth-order valence-electron chi connectivity index (χ4n) is 12.8. The van der Waals surface area contributed by atoms with E-state index < -0.39 is 0 Å². The standard InChI is InChI=1S/C61H52N2O/c1-60(2)50-30-18-26-42(54(50)48-37-52-46(36-51(48)60)43-25-13-14-29-49(43)61(52)33-15-6-16-34-61)41-31-32-53-47(35-41)44-27-17-28-45(59(44)64-53)58-57(40-23-11-5-12-24-40)62-55(38-19-7-3-8-20-38)56(63-58)39-21-9-4-10-22-39/h3-5,7-12,17-32,35,37,51,55,62H,6,13-16,33-34,36H2,1-2H3. The number of aliphatic imine (C=N–C) groups is 1. The van der Waals surface area contributed by atoms with Gasteiger partial charge in [0.2, 0.25) is 0 Å². The molecule has 2 heterocycles. The van der Waals surface area contributed by atoms with Crippen LogP contribution >= 0.6 is 0 Å². The minimum Gasteiger partial charge on any atom is -0.455 e. The number of furan rings is 1. The van der Waals surface area contributed by atoms with Gasteiger partial charge < -0.3 is 9.73 Å². The minimum absolute atomic E-state index is 0.0231. The van der Waals surface area contributed by atoms with Crippen molar-refractivity contribution in [2.24, 2.45) is 16.3 Å². The molecule has 3 heteroatoms. The molecule has 1 saturated carbocycles. The maximum Gasteiger partial charge on any atom is 0.144 e. The zero-order valence-corrected chi connectivity index (χ0v) is 36.8. The first-order valence-corrected chi connectivity index (χ1v) is 23.7. The average molecular weight is 829 g/mol. The Morgan fingerprint density at radius 2 is 1.38 bits per heavy atom. The molecule has 1 spiro atoms. The van der Waals surface area contributed by atoms with Gasteiger partial charge in [0, 0.05) is 21.8 Å². The first-order chi connectivity index (χ1) is 31.5. The highest BCUT2D eigenvalue weighted by atomic mass is 16.3. The summed E-state index contributed by atoms with van der Waals surface area (Å²) in [6.07, 6.45) is 18.1. The van der Waals surface area contributed by atoms with Crippen molar-refractivity contribution in [3.8, 4) is 11.1 Å². The molecule has 5 aliphatic carbocycles. The lowest BCUT2D eigenvalue weighted by Gasteiger charge is -2.39. The Balaban J connectivity index is 0.970. The third-order valence-corrected chi connectivity index (χ3v) is 15.9. The van der Waals surface area contributed by atoms with Crippen molar-refractivity contribution < 1.29 is 4.42 Å². The van der Waals surface area contributed by atoms with Crippen molar-refractivity contribution in [2.75, 3.05) is 0 Å². The van der Waals surface area contributed by atoms with Gasteiger partial charge in [-0.2, -0.15) is 0 Å². The number of fused-ring (bicyclic) bond motifs is 10. The van der Waals surface area contributed by atoms with Crippen molar-refractivity contribution in [1.29, 1.82) is 0 Å². The lowest BCUT2D eigenvalue weighted by Crippen LogP contribution is -2.32. The molecule has 1 aliphatic heterocycles. The van der Waals surface area contributed by atoms with E-state index in [0.717, 1.165) is 62.2 Å². The van der Waals surface area contributed by atoms with Crippen molar-refractivity contribution in [1.82, 2.24) is 5.32 Å². The Hall–Kier alpha value is -6.71. The van der Waals surface area contributed by atoms with Crippen LogP contribution in [0, 0.1) is 11.3 Å². The SMILES string of the molecule is CC1(C)c2cccc(-c3ccc4oc5c(C6=C(c7ccccc7)NC(c7ccccc7)C(c7ccccc7)=N6)cccc5c4c3)c2C2=CC3=C(CC21)C1=CCCC=C1C31CCCCC1. The van der Waals surface area contributed by atoms with Gasteiger partial charge in [0.1, 0.15) is 11.2 Å². The van der Waals surface area contributed by atoms with Crippen molar-refractivity contribution >= 4 is 44.6 Å². The molecule has 3 nitrogen and oxygen atoms in total. The summed E-state index contributed by atoms with van der Waals surface area (Å²) in [7, 11) is 0. The molecule has 1 aromatic heterocycles. The van der Waals surface area contributed by atoms with Crippen LogP contribution in [0.25, 0.3) is 50.0 Å². The summed E-state index contributed by atoms with van der Waals surface area (Å²) >= 11 is 0. The molecule has 64 heavy (non-hydrogen) atoms. The predicted octanol–water partition coefficient (Wildman–Crippen LogP) is 15.5. The van der Waals surface area contributed by atoms with Crippen LogP contribution < -0.4 is 5.32 Å². The minimum atomic E-state index is -0.139. The highest BCUT2D eigenvalue weighted by Crippen LogP contribution is 2.66. The normalized spacial score (nSPS) is 21.7. The topological polar surface area (TPSA) is 37.5 Å². The van der Waals surface area contributed by atoms with E-state index in [1.165, 1.54) is 72.8 Å². The lowest BCUT2D eigenvalue weighted by molar-refractivity contribution is 0.302. The summed E-state index contributed by atoms with van der Waals surface area (Å²) in [5.41, 5.74) is 22.8. The van der Waals surface area contributed by atoms with E-state index in [4.69, 9.17) is 9.41 Å². The van der Waals surface area contributed by atoms with Gasteiger partial charge in [0.05, 0.1) is 23.1 Å². The van der Waals surface area contributed by atoms with Gasteiger partial charge in [-0.3, -0.25) is 0 Å². The number of nitrogens with one attached hydrogen (secondary N) is 1. The van der Waals surface area contributed by atoms with Gasteiger partial charge in [0.15, 0.2) is 0 Å². The Morgan fingerprint density at radius 1 is 0.656 bits per heavy atom. The second-order valence-corrected chi connectivity index (χ2v) is 19.6. The molecule has 6 aromatic carbocycles. The molecule has 312 valence electrons. The van der Waals surface area contributed by atoms with E-state index in [2.05, 4.69) is 183 Å². The molecule has 0 amide bonds. The van der Waals surface area contributed by atoms with Crippen LogP contribution in [0.1, 0.15) is 105 Å². The van der Waals surface area contributed by atoms with E-state index in [-0.39, 0.29) is 16.9 Å². The first kappa shape index (κ1) is 37.8. The van der Waals surface area contributed by atoms with E-state index in [0.29, 0.717) is 5.92 Å². The summed E-state index contributed by atoms with van der Waals surface area (Å²) in [6.45, 7) is 5.01. The zero-order valence-electron chi connectivity index (χ0n) is 36.8. The lowest BCUT2D eigenvalue weighted by atomic mass is 9.64. The number of nitrogens with zero attached hydrogens (tertiary/aromatic N) is 1. The summed E-state index contributed by atoms with van der Waals surface area (Å²) < 4.78 is 6.97. The molecule has 7 aromatic rings.